The molecule has 212 valence electrons. The van der Waals surface area contributed by atoms with Gasteiger partial charge in [0, 0.05) is 23.0 Å². The van der Waals surface area contributed by atoms with Crippen LogP contribution in [-0.2, 0) is 0 Å². The molecule has 0 spiro atoms. The summed E-state index contributed by atoms with van der Waals surface area (Å²) < 4.78 is 14.5. The van der Waals surface area contributed by atoms with Crippen LogP contribution in [-0.4, -0.2) is 53.0 Å². The Morgan fingerprint density at radius 1 is 1.02 bits per heavy atom. The molecule has 0 radical (unpaired) electrons. The predicted octanol–water partition coefficient (Wildman–Crippen LogP) is 5.19. The van der Waals surface area contributed by atoms with Crippen LogP contribution >= 0.6 is 0 Å². The minimum atomic E-state index is -1.14. The van der Waals surface area contributed by atoms with Crippen LogP contribution in [0.25, 0.3) is 0 Å². The number of aliphatic hydroxyl groups is 2. The molecule has 0 amide bonds. The first-order valence-electron chi connectivity index (χ1n) is 13.7. The molecule has 3 aromatic carbocycles. The third-order valence-corrected chi connectivity index (χ3v) is 7.42. The third-order valence-electron chi connectivity index (χ3n) is 7.42. The Morgan fingerprint density at radius 2 is 1.75 bits per heavy atom. The largest absolute Gasteiger partial charge is 0.409 e. The van der Waals surface area contributed by atoms with Gasteiger partial charge in [0.2, 0.25) is 0 Å². The van der Waals surface area contributed by atoms with Crippen molar-refractivity contribution in [3.8, 4) is 0 Å². The van der Waals surface area contributed by atoms with Crippen LogP contribution in [0.3, 0.4) is 0 Å². The second-order valence-corrected chi connectivity index (χ2v) is 10.2. The fourth-order valence-corrected chi connectivity index (χ4v) is 5.37. The predicted molar refractivity (Wildman–Crippen MR) is 158 cm³/mol. The lowest BCUT2D eigenvalue weighted by Gasteiger charge is -2.42. The maximum Gasteiger partial charge on any atom is 0.197 e. The Bertz CT molecular complexity index is 1280. The number of benzene rings is 3. The molecule has 0 heterocycles. The quantitative estimate of drug-likeness (QED) is 0.0743. The summed E-state index contributed by atoms with van der Waals surface area (Å²) in [7, 11) is 0. The van der Waals surface area contributed by atoms with E-state index in [1.165, 1.54) is 18.6 Å². The van der Waals surface area contributed by atoms with Gasteiger partial charge in [-0.25, -0.2) is 9.38 Å². The normalized spacial score (nSPS) is 16.6. The van der Waals surface area contributed by atoms with E-state index in [4.69, 9.17) is 5.21 Å². The first-order valence-corrected chi connectivity index (χ1v) is 13.7. The maximum absolute atomic E-state index is 14.5. The van der Waals surface area contributed by atoms with E-state index in [-0.39, 0.29) is 18.4 Å². The molecule has 0 aromatic heterocycles. The van der Waals surface area contributed by atoms with E-state index in [1.54, 1.807) is 41.3 Å². The second-order valence-electron chi connectivity index (χ2n) is 10.2. The van der Waals surface area contributed by atoms with Crippen LogP contribution in [0.4, 0.5) is 15.8 Å². The molecule has 3 unspecified atom stereocenters. The van der Waals surface area contributed by atoms with Crippen molar-refractivity contribution in [2.45, 2.75) is 63.6 Å². The summed E-state index contributed by atoms with van der Waals surface area (Å²) in [5.41, 5.74) is 3.52. The molecular weight excluding hydrogens is 509 g/mol. The topological polar surface area (TPSA) is 113 Å². The van der Waals surface area contributed by atoms with Crippen molar-refractivity contribution in [2.24, 2.45) is 10.1 Å². The highest BCUT2D eigenvalue weighted by Gasteiger charge is 2.34. The number of nitrogens with one attached hydrogen (secondary N) is 2. The minimum absolute atomic E-state index is 0.0784. The zero-order valence-electron chi connectivity index (χ0n) is 22.7. The lowest BCUT2D eigenvalue weighted by Crippen LogP contribution is -2.53. The number of rotatable bonds is 11. The van der Waals surface area contributed by atoms with Gasteiger partial charge in [-0.1, -0.05) is 54.8 Å². The number of amidine groups is 1. The van der Waals surface area contributed by atoms with Gasteiger partial charge in [0.15, 0.2) is 5.84 Å². The number of hydrogen-bond acceptors (Lipinski definition) is 7. The van der Waals surface area contributed by atoms with Crippen molar-refractivity contribution in [1.82, 2.24) is 5.32 Å². The highest BCUT2D eigenvalue weighted by molar-refractivity contribution is 6.01. The molecule has 0 bridgehead atoms. The van der Waals surface area contributed by atoms with Crippen LogP contribution in [0.15, 0.2) is 82.9 Å². The van der Waals surface area contributed by atoms with Crippen molar-refractivity contribution in [3.63, 3.8) is 0 Å². The number of nitrogens with zero attached hydrogens (tertiary/aromatic N) is 3. The standard InChI is InChI=1S/C31H38FN5O3/c1-21-9-6-7-14-27(21)29(31(39)35-25-11-4-3-5-12-25)37(26-13-8-10-23(32)19-26)28(38)20-34-24-17-15-22(16-18-24)30(33-2)36-40/h6-10,13-19,25,28-29,31,34-35,38-40H,2-5,11-12,20H2,1H3/b36-30-. The van der Waals surface area contributed by atoms with Gasteiger partial charge in [-0.3, -0.25) is 5.32 Å². The van der Waals surface area contributed by atoms with Gasteiger partial charge in [-0.05, 0) is 80.1 Å². The molecule has 9 heteroatoms. The van der Waals surface area contributed by atoms with E-state index in [1.807, 2.05) is 31.2 Å². The van der Waals surface area contributed by atoms with E-state index in [0.29, 0.717) is 16.9 Å². The van der Waals surface area contributed by atoms with Gasteiger partial charge >= 0.3 is 0 Å². The van der Waals surface area contributed by atoms with Crippen LogP contribution in [0.2, 0.25) is 0 Å². The van der Waals surface area contributed by atoms with E-state index in [9.17, 15) is 14.6 Å². The number of hydrogen-bond donors (Lipinski definition) is 5. The van der Waals surface area contributed by atoms with E-state index in [0.717, 1.165) is 36.8 Å². The monoisotopic (exact) mass is 547 g/mol. The van der Waals surface area contributed by atoms with Gasteiger partial charge in [-0.2, -0.15) is 0 Å². The summed E-state index contributed by atoms with van der Waals surface area (Å²) >= 11 is 0. The molecule has 1 saturated carbocycles. The van der Waals surface area contributed by atoms with E-state index >= 15 is 0 Å². The zero-order valence-corrected chi connectivity index (χ0v) is 22.7. The number of aryl methyl sites for hydroxylation is 1. The zero-order chi connectivity index (χ0) is 28.5. The summed E-state index contributed by atoms with van der Waals surface area (Å²) in [6.45, 7) is 5.44. The number of oxime groups is 1. The van der Waals surface area contributed by atoms with Crippen molar-refractivity contribution in [1.29, 1.82) is 0 Å². The van der Waals surface area contributed by atoms with Gasteiger partial charge < -0.3 is 25.6 Å². The van der Waals surface area contributed by atoms with Gasteiger partial charge in [-0.15, -0.1) is 0 Å². The molecule has 3 aromatic rings. The fourth-order valence-electron chi connectivity index (χ4n) is 5.37. The molecule has 1 aliphatic carbocycles. The maximum atomic E-state index is 14.5. The summed E-state index contributed by atoms with van der Waals surface area (Å²) in [5, 5.41) is 42.1. The molecule has 1 aliphatic rings. The Morgan fingerprint density at radius 3 is 2.40 bits per heavy atom. The molecule has 1 fully saturated rings. The Balaban J connectivity index is 1.65. The molecule has 4 rings (SSSR count). The van der Waals surface area contributed by atoms with Crippen LogP contribution in [0.5, 0.6) is 0 Å². The average molecular weight is 548 g/mol. The molecule has 8 nitrogen and oxygen atoms in total. The first-order chi connectivity index (χ1) is 19.4. The summed E-state index contributed by atoms with van der Waals surface area (Å²) in [5.74, 6) is -0.335. The molecule has 5 N–H and O–H groups in total. The second kappa shape index (κ2) is 14.0. The lowest BCUT2D eigenvalue weighted by molar-refractivity contribution is 0.0624. The number of aliphatic imine (C=N–C) groups is 1. The third kappa shape index (κ3) is 7.24. The number of anilines is 2. The minimum Gasteiger partial charge on any atom is -0.409 e. The van der Waals surface area contributed by atoms with Crippen molar-refractivity contribution in [2.75, 3.05) is 16.8 Å². The SMILES string of the molecule is C=N/C(=N\O)c1ccc(NCC(O)N(c2cccc(F)c2)C(c2ccccc2C)C(O)NC2CCCCC2)cc1. The highest BCUT2D eigenvalue weighted by atomic mass is 19.1. The number of halogens is 1. The average Bonchev–Trinajstić information content (AvgIpc) is 2.97. The summed E-state index contributed by atoms with van der Waals surface area (Å²) in [6.07, 6.45) is 3.18. The Labute approximate surface area is 234 Å². The highest BCUT2D eigenvalue weighted by Crippen LogP contribution is 2.34. The molecule has 0 aliphatic heterocycles. The van der Waals surface area contributed by atoms with Crippen LogP contribution in [0, 0.1) is 12.7 Å². The van der Waals surface area contributed by atoms with Crippen molar-refractivity contribution in [3.05, 3.63) is 95.3 Å². The van der Waals surface area contributed by atoms with Crippen molar-refractivity contribution < 1.29 is 19.8 Å². The lowest BCUT2D eigenvalue weighted by atomic mass is 9.93. The fraction of sp³-hybridized carbons (Fsp3) is 0.355. The Kier molecular flexibility index (Phi) is 10.2. The first kappa shape index (κ1) is 29.2. The molecular formula is C31H38FN5O3. The molecule has 3 atom stereocenters. The summed E-state index contributed by atoms with van der Waals surface area (Å²) in [4.78, 5) is 5.35. The molecule has 0 saturated heterocycles. The van der Waals surface area contributed by atoms with Crippen LogP contribution < -0.4 is 15.5 Å². The number of aliphatic hydroxyl groups excluding tert-OH is 2. The smallest absolute Gasteiger partial charge is 0.197 e. The Hall–Kier alpha value is -3.79. The van der Waals surface area contributed by atoms with E-state index in [2.05, 4.69) is 27.5 Å². The summed E-state index contributed by atoms with van der Waals surface area (Å²) in [6, 6.07) is 20.2. The molecule has 40 heavy (non-hydrogen) atoms. The van der Waals surface area contributed by atoms with Crippen molar-refractivity contribution >= 4 is 23.9 Å². The van der Waals surface area contributed by atoms with Gasteiger partial charge in [0.05, 0.1) is 12.6 Å². The van der Waals surface area contributed by atoms with Gasteiger partial charge in [0.25, 0.3) is 0 Å². The van der Waals surface area contributed by atoms with Gasteiger partial charge in [0.1, 0.15) is 18.3 Å². The van der Waals surface area contributed by atoms with Crippen LogP contribution in [0.1, 0.15) is 54.8 Å². The van der Waals surface area contributed by atoms with E-state index < -0.39 is 24.3 Å².